The molecular formula is C3H6NNaO2S2. The Morgan fingerprint density at radius 3 is 1.78 bits per heavy atom. The van der Waals surface area contributed by atoms with Gasteiger partial charge in [0.1, 0.15) is 4.32 Å². The summed E-state index contributed by atoms with van der Waals surface area (Å²) in [5.74, 6) is -1.08. The number of nitrogens with two attached hydrogens (primary N) is 1. The van der Waals surface area contributed by atoms with E-state index in [1.165, 1.54) is 0 Å². The van der Waals surface area contributed by atoms with Gasteiger partial charge in [0.05, 0.1) is 0 Å². The van der Waals surface area contributed by atoms with Gasteiger partial charge in [-0.25, -0.2) is 0 Å². The van der Waals surface area contributed by atoms with Crippen molar-refractivity contribution in [1.29, 1.82) is 0 Å². The van der Waals surface area contributed by atoms with E-state index in [1.54, 1.807) is 0 Å². The molecule has 0 radical (unpaired) electrons. The van der Waals surface area contributed by atoms with E-state index >= 15 is 0 Å². The number of carbonyl (C=O) groups is 1. The molecule has 0 aliphatic rings. The molecule has 0 aliphatic heterocycles. The molecule has 0 aliphatic carbocycles. The first-order valence-corrected chi connectivity index (χ1v) is 2.48. The van der Waals surface area contributed by atoms with Crippen LogP contribution in [0.25, 0.3) is 0 Å². The van der Waals surface area contributed by atoms with E-state index in [1.807, 2.05) is 0 Å². The van der Waals surface area contributed by atoms with Gasteiger partial charge in [-0.05, 0) is 6.92 Å². The summed E-state index contributed by atoms with van der Waals surface area (Å²) >= 11 is 7.65. The molecule has 2 N–H and O–H groups in total. The maximum absolute atomic E-state index is 8.89. The van der Waals surface area contributed by atoms with E-state index in [0.29, 0.717) is 0 Å². The molecule has 0 saturated heterocycles. The first-order valence-electron chi connectivity index (χ1n) is 1.62. The monoisotopic (exact) mass is 175 g/mol. The molecule has 3 nitrogen and oxygen atoms in total. The summed E-state index contributed by atoms with van der Waals surface area (Å²) < 4.78 is 0.194. The number of carboxylic acid groups (broad SMARTS) is 1. The number of carboxylic acids is 1. The van der Waals surface area contributed by atoms with Crippen LogP contribution in [0.1, 0.15) is 6.92 Å². The van der Waals surface area contributed by atoms with Crippen LogP contribution in [0.5, 0.6) is 0 Å². The standard InChI is InChI=1S/C2H4O2.CH3NS2.Na/c1-2(3)4;2-1(3)4;/h1H3,(H,3,4);(H3,2,3,4);/q;;+1/p-1. The zero-order valence-corrected chi connectivity index (χ0v) is 8.96. The second kappa shape index (κ2) is 11.5. The smallest absolute Gasteiger partial charge is 0.550 e. The largest absolute Gasteiger partial charge is 1.00 e. The van der Waals surface area contributed by atoms with Crippen molar-refractivity contribution in [3.8, 4) is 0 Å². The predicted molar refractivity (Wildman–Crippen MR) is 36.5 cm³/mol. The second-order valence-electron chi connectivity index (χ2n) is 0.830. The van der Waals surface area contributed by atoms with Gasteiger partial charge in [-0.2, -0.15) is 0 Å². The van der Waals surface area contributed by atoms with Gasteiger partial charge in [0.15, 0.2) is 0 Å². The molecular weight excluding hydrogens is 169 g/mol. The second-order valence-corrected chi connectivity index (χ2v) is 2.05. The third-order valence-corrected chi connectivity index (χ3v) is 0. The van der Waals surface area contributed by atoms with Crippen molar-refractivity contribution < 1.29 is 39.5 Å². The van der Waals surface area contributed by atoms with Crippen LogP contribution < -0.4 is 40.4 Å². The molecule has 0 saturated carbocycles. The minimum atomic E-state index is -1.08. The maximum atomic E-state index is 8.89. The summed E-state index contributed by atoms with van der Waals surface area (Å²) in [5.41, 5.74) is 4.71. The number of thiocarbonyl (C=S) groups is 1. The van der Waals surface area contributed by atoms with Crippen molar-refractivity contribution in [2.24, 2.45) is 5.73 Å². The fraction of sp³-hybridized carbons (Fsp3) is 0.333. The molecule has 0 unspecified atom stereocenters. The van der Waals surface area contributed by atoms with Crippen molar-refractivity contribution in [3.63, 3.8) is 0 Å². The molecule has 0 heterocycles. The predicted octanol–water partition coefficient (Wildman–Crippen LogP) is -4.08. The molecule has 0 bridgehead atoms. The fourth-order valence-corrected chi connectivity index (χ4v) is 0. The minimum Gasteiger partial charge on any atom is -0.550 e. The first-order chi connectivity index (χ1) is 3.46. The van der Waals surface area contributed by atoms with Crippen molar-refractivity contribution in [1.82, 2.24) is 0 Å². The van der Waals surface area contributed by atoms with Crippen LogP contribution in [0.3, 0.4) is 0 Å². The molecule has 0 spiro atoms. The van der Waals surface area contributed by atoms with Gasteiger partial charge in [0, 0.05) is 5.97 Å². The van der Waals surface area contributed by atoms with Gasteiger partial charge < -0.3 is 15.6 Å². The number of thiol groups is 1. The fourth-order valence-electron chi connectivity index (χ4n) is 0. The zero-order valence-electron chi connectivity index (χ0n) is 5.25. The Balaban J connectivity index is -0.0000000720. The maximum Gasteiger partial charge on any atom is 1.00 e. The Morgan fingerprint density at radius 1 is 1.78 bits per heavy atom. The summed E-state index contributed by atoms with van der Waals surface area (Å²) in [6.07, 6.45) is 0. The van der Waals surface area contributed by atoms with Gasteiger partial charge >= 0.3 is 29.6 Å². The van der Waals surface area contributed by atoms with E-state index in [0.717, 1.165) is 6.92 Å². The van der Waals surface area contributed by atoms with Crippen molar-refractivity contribution in [2.45, 2.75) is 6.92 Å². The first kappa shape index (κ1) is 16.4. The van der Waals surface area contributed by atoms with Gasteiger partial charge in [-0.1, -0.05) is 12.2 Å². The Bertz CT molecular complexity index is 77.8. The number of hydrogen-bond donors (Lipinski definition) is 2. The molecule has 0 aromatic rings. The van der Waals surface area contributed by atoms with Crippen LogP contribution >= 0.6 is 24.8 Å². The van der Waals surface area contributed by atoms with Crippen LogP contribution in [0.4, 0.5) is 0 Å². The molecule has 6 heteroatoms. The Labute approximate surface area is 86.7 Å². The quantitative estimate of drug-likeness (QED) is 0.223. The summed E-state index contributed by atoms with van der Waals surface area (Å²) in [5, 5.41) is 8.89. The Hall–Kier alpha value is 0.710. The molecule has 0 atom stereocenters. The van der Waals surface area contributed by atoms with E-state index in [9.17, 15) is 0 Å². The van der Waals surface area contributed by atoms with Gasteiger partial charge in [-0.15, -0.1) is 12.6 Å². The summed E-state index contributed by atoms with van der Waals surface area (Å²) in [4.78, 5) is 8.89. The molecule has 48 valence electrons. The van der Waals surface area contributed by atoms with Gasteiger partial charge in [0.2, 0.25) is 0 Å². The van der Waals surface area contributed by atoms with Crippen LogP contribution in [-0.4, -0.2) is 10.3 Å². The van der Waals surface area contributed by atoms with Crippen molar-refractivity contribution >= 4 is 35.1 Å². The number of carbonyl (C=O) groups excluding carboxylic acids is 1. The molecule has 0 aromatic carbocycles. The van der Waals surface area contributed by atoms with Crippen LogP contribution in [0.15, 0.2) is 0 Å². The summed E-state index contributed by atoms with van der Waals surface area (Å²) in [7, 11) is 0. The normalized spacial score (nSPS) is 5.56. The van der Waals surface area contributed by atoms with Crippen molar-refractivity contribution in [2.75, 3.05) is 0 Å². The number of rotatable bonds is 0. The minimum absolute atomic E-state index is 0. The third-order valence-electron chi connectivity index (χ3n) is 0. The summed E-state index contributed by atoms with van der Waals surface area (Å²) in [6, 6.07) is 0. The van der Waals surface area contributed by atoms with E-state index in [-0.39, 0.29) is 33.9 Å². The molecule has 0 aromatic heterocycles. The van der Waals surface area contributed by atoms with E-state index < -0.39 is 5.97 Å². The SMILES string of the molecule is CC(=O)[O-].NC(=S)S.[Na+]. The molecule has 9 heavy (non-hydrogen) atoms. The van der Waals surface area contributed by atoms with Crippen LogP contribution in [0, 0.1) is 0 Å². The molecule has 0 amide bonds. The third kappa shape index (κ3) is 778. The van der Waals surface area contributed by atoms with Gasteiger partial charge in [0.25, 0.3) is 0 Å². The Kier molecular flexibility index (Phi) is 20.9. The molecule has 0 fully saturated rings. The average molecular weight is 175 g/mol. The topological polar surface area (TPSA) is 66.1 Å². The van der Waals surface area contributed by atoms with Gasteiger partial charge in [-0.3, -0.25) is 0 Å². The summed E-state index contributed by atoms with van der Waals surface area (Å²) in [6.45, 7) is 0.972. The zero-order chi connectivity index (χ0) is 7.15. The Morgan fingerprint density at radius 2 is 1.78 bits per heavy atom. The van der Waals surface area contributed by atoms with Crippen LogP contribution in [-0.2, 0) is 4.79 Å². The number of hydrogen-bond acceptors (Lipinski definition) is 3. The van der Waals surface area contributed by atoms with Crippen LogP contribution in [0.2, 0.25) is 0 Å². The van der Waals surface area contributed by atoms with E-state index in [4.69, 9.17) is 15.6 Å². The van der Waals surface area contributed by atoms with Crippen molar-refractivity contribution in [3.05, 3.63) is 0 Å². The number of aliphatic carboxylic acids is 1. The van der Waals surface area contributed by atoms with E-state index in [2.05, 4.69) is 24.8 Å². The average Bonchev–Trinajstić information content (AvgIpc) is 1.25. The molecule has 0 rings (SSSR count).